The summed E-state index contributed by atoms with van der Waals surface area (Å²) in [4.78, 5) is 15.4. The molecule has 0 radical (unpaired) electrons. The number of benzene rings is 2. The molecule has 2 atom stereocenters. The second-order valence-electron chi connectivity index (χ2n) is 8.89. The Morgan fingerprint density at radius 2 is 1.69 bits per heavy atom. The molecular weight excluding hydrogens is 529 g/mol. The van der Waals surface area contributed by atoms with Crippen LogP contribution in [-0.4, -0.2) is 66.5 Å². The minimum atomic E-state index is -3.56. The third-order valence-corrected chi connectivity index (χ3v) is 8.12. The first-order valence-electron chi connectivity index (χ1n) is 11.3. The Balaban J connectivity index is 1.95. The normalized spacial score (nSPS) is 18.7. The number of amides is 1. The zero-order chi connectivity index (χ0) is 26.7. The van der Waals surface area contributed by atoms with Gasteiger partial charge in [0.15, 0.2) is 11.5 Å². The van der Waals surface area contributed by atoms with Crippen LogP contribution in [0.25, 0.3) is 0 Å². The van der Waals surface area contributed by atoms with Crippen LogP contribution in [0.5, 0.6) is 17.2 Å². The highest BCUT2D eigenvalue weighted by Gasteiger charge is 2.45. The highest BCUT2D eigenvalue weighted by molar-refractivity contribution is 7.85. The van der Waals surface area contributed by atoms with Gasteiger partial charge in [0, 0.05) is 24.1 Å². The Kier molecular flexibility index (Phi) is 9.03. The van der Waals surface area contributed by atoms with Crippen molar-refractivity contribution in [2.75, 3.05) is 47.3 Å². The maximum atomic E-state index is 13.6. The Morgan fingerprint density at radius 1 is 1.06 bits per heavy atom. The molecule has 0 N–H and O–H groups in total. The van der Waals surface area contributed by atoms with Gasteiger partial charge in [-0.3, -0.25) is 8.98 Å². The number of hydrogen-bond donors (Lipinski definition) is 0. The molecule has 1 unspecified atom stereocenters. The fraction of sp³-hybridized carbons (Fsp3) is 0.480. The van der Waals surface area contributed by atoms with Crippen LogP contribution in [-0.2, 0) is 19.7 Å². The van der Waals surface area contributed by atoms with Crippen LogP contribution in [0.1, 0.15) is 35.7 Å². The van der Waals surface area contributed by atoms with Gasteiger partial charge in [-0.1, -0.05) is 36.2 Å². The average molecular weight is 560 g/mol. The molecule has 11 heteroatoms. The van der Waals surface area contributed by atoms with Crippen molar-refractivity contribution < 1.29 is 31.6 Å². The summed E-state index contributed by atoms with van der Waals surface area (Å²) in [6.07, 6.45) is 2.15. The number of likely N-dealkylation sites (tertiary alicyclic amines) is 1. The van der Waals surface area contributed by atoms with E-state index in [4.69, 9.17) is 41.6 Å². The second-order valence-corrected chi connectivity index (χ2v) is 11.3. The third-order valence-electron chi connectivity index (χ3n) is 6.79. The number of halogens is 2. The highest BCUT2D eigenvalue weighted by Crippen LogP contribution is 2.45. The summed E-state index contributed by atoms with van der Waals surface area (Å²) in [6.45, 7) is 2.97. The highest BCUT2D eigenvalue weighted by atomic mass is 35.5. The van der Waals surface area contributed by atoms with E-state index in [0.717, 1.165) is 11.8 Å². The van der Waals surface area contributed by atoms with Gasteiger partial charge < -0.3 is 19.1 Å². The van der Waals surface area contributed by atoms with E-state index >= 15 is 0 Å². The fourth-order valence-electron chi connectivity index (χ4n) is 4.77. The standard InChI is InChI=1S/C25H31Cl2NO7S/c1-16(8-11-35-36(5,30)31)25(18-6-7-19(26)20(27)14-18)9-10-28(15-25)24(29)17-12-21(32-2)23(34-4)22(13-17)33-3/h6-7,12-14,16H,8-11,15H2,1-5H3/t16?,25-/m0/s1. The van der Waals surface area contributed by atoms with E-state index in [2.05, 4.69) is 0 Å². The van der Waals surface area contributed by atoms with Gasteiger partial charge in [-0.05, 0) is 48.6 Å². The van der Waals surface area contributed by atoms with Crippen LogP contribution in [0.4, 0.5) is 0 Å². The maximum Gasteiger partial charge on any atom is 0.264 e. The van der Waals surface area contributed by atoms with Crippen LogP contribution in [0.2, 0.25) is 10.0 Å². The summed E-state index contributed by atoms with van der Waals surface area (Å²) in [5, 5.41) is 0.856. The molecule has 1 saturated heterocycles. The van der Waals surface area contributed by atoms with E-state index in [-0.39, 0.29) is 18.4 Å². The lowest BCUT2D eigenvalue weighted by atomic mass is 9.69. The second kappa shape index (κ2) is 11.5. The van der Waals surface area contributed by atoms with E-state index in [0.29, 0.717) is 58.8 Å². The van der Waals surface area contributed by atoms with Crippen LogP contribution >= 0.6 is 23.2 Å². The van der Waals surface area contributed by atoms with Crippen LogP contribution < -0.4 is 14.2 Å². The molecule has 198 valence electrons. The van der Waals surface area contributed by atoms with Crippen molar-refractivity contribution >= 4 is 39.2 Å². The first-order valence-corrected chi connectivity index (χ1v) is 13.9. The van der Waals surface area contributed by atoms with Crippen molar-refractivity contribution in [3.8, 4) is 17.2 Å². The number of hydrogen-bond acceptors (Lipinski definition) is 7. The maximum absolute atomic E-state index is 13.6. The summed E-state index contributed by atoms with van der Waals surface area (Å²) in [7, 11) is 0.940. The summed E-state index contributed by atoms with van der Waals surface area (Å²) in [6, 6.07) is 8.74. The van der Waals surface area contributed by atoms with Crippen LogP contribution in [0, 0.1) is 5.92 Å². The van der Waals surface area contributed by atoms with Crippen LogP contribution in [0.3, 0.4) is 0 Å². The number of carbonyl (C=O) groups is 1. The molecule has 2 aromatic rings. The Morgan fingerprint density at radius 3 is 2.22 bits per heavy atom. The monoisotopic (exact) mass is 559 g/mol. The van der Waals surface area contributed by atoms with Crippen molar-refractivity contribution in [1.82, 2.24) is 4.90 Å². The quantitative estimate of drug-likeness (QED) is 0.386. The first-order chi connectivity index (χ1) is 17.0. The van der Waals surface area contributed by atoms with Gasteiger partial charge in [-0.25, -0.2) is 0 Å². The van der Waals surface area contributed by atoms with Crippen molar-refractivity contribution in [3.05, 3.63) is 51.5 Å². The molecular formula is C25H31Cl2NO7S. The zero-order valence-electron chi connectivity index (χ0n) is 21.0. The minimum absolute atomic E-state index is 0.0331. The minimum Gasteiger partial charge on any atom is -0.493 e. The lowest BCUT2D eigenvalue weighted by Crippen LogP contribution is -2.39. The van der Waals surface area contributed by atoms with E-state index in [9.17, 15) is 13.2 Å². The lowest BCUT2D eigenvalue weighted by molar-refractivity contribution is 0.0774. The molecule has 0 aromatic heterocycles. The van der Waals surface area contributed by atoms with Crippen LogP contribution in [0.15, 0.2) is 30.3 Å². The van der Waals surface area contributed by atoms with Gasteiger partial charge in [0.2, 0.25) is 5.75 Å². The fourth-order valence-corrected chi connectivity index (χ4v) is 5.47. The zero-order valence-corrected chi connectivity index (χ0v) is 23.3. The molecule has 8 nitrogen and oxygen atoms in total. The molecule has 2 aromatic carbocycles. The topological polar surface area (TPSA) is 91.4 Å². The van der Waals surface area contributed by atoms with E-state index in [1.54, 1.807) is 23.1 Å². The first kappa shape index (κ1) is 28.4. The van der Waals surface area contributed by atoms with E-state index in [1.807, 2.05) is 19.1 Å². The molecule has 1 aliphatic rings. The molecule has 0 bridgehead atoms. The number of rotatable bonds is 10. The number of carbonyl (C=O) groups excluding carboxylic acids is 1. The molecule has 1 heterocycles. The molecule has 36 heavy (non-hydrogen) atoms. The smallest absolute Gasteiger partial charge is 0.264 e. The largest absolute Gasteiger partial charge is 0.493 e. The molecule has 3 rings (SSSR count). The lowest BCUT2D eigenvalue weighted by Gasteiger charge is -2.36. The molecule has 0 saturated carbocycles. The Labute approximate surface area is 222 Å². The van der Waals surface area contributed by atoms with Gasteiger partial charge in [0.25, 0.3) is 16.0 Å². The molecule has 1 aliphatic heterocycles. The van der Waals surface area contributed by atoms with Crippen molar-refractivity contribution in [3.63, 3.8) is 0 Å². The summed E-state index contributed by atoms with van der Waals surface area (Å²) in [5.41, 5.74) is 0.859. The summed E-state index contributed by atoms with van der Waals surface area (Å²) >= 11 is 12.5. The molecule has 1 amide bonds. The van der Waals surface area contributed by atoms with Crippen molar-refractivity contribution in [2.45, 2.75) is 25.2 Å². The SMILES string of the molecule is COc1cc(C(=O)N2CC[C@@](c3ccc(Cl)c(Cl)c3)(C(C)CCOS(C)(=O)=O)C2)cc(OC)c1OC. The summed E-state index contributed by atoms with van der Waals surface area (Å²) < 4.78 is 44.2. The molecule has 0 spiro atoms. The number of ether oxygens (including phenoxy) is 3. The molecule has 1 fully saturated rings. The van der Waals surface area contributed by atoms with Crippen molar-refractivity contribution in [2.24, 2.45) is 5.92 Å². The Hall–Kier alpha value is -2.20. The summed E-state index contributed by atoms with van der Waals surface area (Å²) in [5.74, 6) is 0.968. The average Bonchev–Trinajstić information content (AvgIpc) is 3.30. The predicted molar refractivity (Wildman–Crippen MR) is 139 cm³/mol. The van der Waals surface area contributed by atoms with E-state index < -0.39 is 15.5 Å². The van der Waals surface area contributed by atoms with Gasteiger partial charge in [0.05, 0.1) is 44.2 Å². The van der Waals surface area contributed by atoms with Gasteiger partial charge >= 0.3 is 0 Å². The third kappa shape index (κ3) is 6.02. The Bertz CT molecular complexity index is 1200. The molecule has 0 aliphatic carbocycles. The number of nitrogens with zero attached hydrogens (tertiary/aromatic N) is 1. The van der Waals surface area contributed by atoms with Gasteiger partial charge in [0.1, 0.15) is 0 Å². The number of methoxy groups -OCH3 is 3. The van der Waals surface area contributed by atoms with Gasteiger partial charge in [-0.2, -0.15) is 8.42 Å². The van der Waals surface area contributed by atoms with Crippen molar-refractivity contribution in [1.29, 1.82) is 0 Å². The van der Waals surface area contributed by atoms with Gasteiger partial charge in [-0.15, -0.1) is 0 Å². The van der Waals surface area contributed by atoms with E-state index in [1.165, 1.54) is 21.3 Å². The predicted octanol–water partition coefficient (Wildman–Crippen LogP) is 4.81.